The van der Waals surface area contributed by atoms with Crippen LogP contribution in [0.25, 0.3) is 11.1 Å². The quantitative estimate of drug-likeness (QED) is 0.756. The Morgan fingerprint density at radius 3 is 2.22 bits per heavy atom. The van der Waals surface area contributed by atoms with Crippen LogP contribution in [0.3, 0.4) is 0 Å². The normalized spacial score (nSPS) is 17.3. The summed E-state index contributed by atoms with van der Waals surface area (Å²) in [6, 6.07) is 24.3. The van der Waals surface area contributed by atoms with Crippen molar-refractivity contribution in [3.05, 3.63) is 90.0 Å². The van der Waals surface area contributed by atoms with Crippen molar-refractivity contribution in [2.75, 3.05) is 5.75 Å². The largest absolute Gasteiger partial charge is 0.348 e. The number of carbonyl (C=O) groups is 1. The number of sulfone groups is 1. The molecular formula is C22H19NO3S. The Kier molecular flexibility index (Phi) is 4.54. The molecule has 1 heterocycles. The van der Waals surface area contributed by atoms with Crippen LogP contribution in [0.15, 0.2) is 83.8 Å². The van der Waals surface area contributed by atoms with Gasteiger partial charge in [0.2, 0.25) is 5.91 Å². The van der Waals surface area contributed by atoms with E-state index in [4.69, 9.17) is 0 Å². The van der Waals surface area contributed by atoms with Gasteiger partial charge in [0.15, 0.2) is 9.84 Å². The summed E-state index contributed by atoms with van der Waals surface area (Å²) in [4.78, 5) is 12.8. The van der Waals surface area contributed by atoms with Gasteiger partial charge in [0.1, 0.15) is 0 Å². The molecule has 3 aromatic rings. The van der Waals surface area contributed by atoms with E-state index < -0.39 is 15.9 Å². The maximum Gasteiger partial charge on any atom is 0.224 e. The van der Waals surface area contributed by atoms with E-state index in [-0.39, 0.29) is 18.1 Å². The predicted octanol–water partition coefficient (Wildman–Crippen LogP) is 3.54. The lowest BCUT2D eigenvalue weighted by Crippen LogP contribution is -2.30. The van der Waals surface area contributed by atoms with Crippen LogP contribution in [-0.2, 0) is 21.1 Å². The van der Waals surface area contributed by atoms with Gasteiger partial charge in [-0.05, 0) is 28.3 Å². The first kappa shape index (κ1) is 17.5. The molecule has 0 unspecified atom stereocenters. The van der Waals surface area contributed by atoms with Crippen molar-refractivity contribution in [2.45, 2.75) is 17.4 Å². The van der Waals surface area contributed by atoms with Crippen LogP contribution in [0.1, 0.15) is 17.2 Å². The number of amides is 1. The van der Waals surface area contributed by atoms with Crippen LogP contribution in [-0.4, -0.2) is 20.1 Å². The zero-order valence-electron chi connectivity index (χ0n) is 14.6. The van der Waals surface area contributed by atoms with E-state index in [1.54, 1.807) is 24.3 Å². The van der Waals surface area contributed by atoms with Gasteiger partial charge in [0, 0.05) is 0 Å². The molecule has 3 aromatic carbocycles. The first-order valence-electron chi connectivity index (χ1n) is 8.78. The Labute approximate surface area is 158 Å². The Morgan fingerprint density at radius 2 is 1.48 bits per heavy atom. The third-order valence-electron chi connectivity index (χ3n) is 4.78. The minimum atomic E-state index is -3.32. The molecule has 0 aliphatic carbocycles. The highest BCUT2D eigenvalue weighted by atomic mass is 32.2. The molecule has 136 valence electrons. The van der Waals surface area contributed by atoms with Gasteiger partial charge in [-0.3, -0.25) is 4.79 Å². The average molecular weight is 377 g/mol. The fourth-order valence-electron chi connectivity index (χ4n) is 3.45. The fourth-order valence-corrected chi connectivity index (χ4v) is 5.18. The molecule has 27 heavy (non-hydrogen) atoms. The van der Waals surface area contributed by atoms with E-state index in [1.807, 2.05) is 54.6 Å². The lowest BCUT2D eigenvalue weighted by molar-refractivity contribution is -0.121. The van der Waals surface area contributed by atoms with Gasteiger partial charge >= 0.3 is 0 Å². The molecule has 0 aromatic heterocycles. The molecular weight excluding hydrogens is 358 g/mol. The number of nitrogens with one attached hydrogen (secondary N) is 1. The molecule has 4 nitrogen and oxygen atoms in total. The molecule has 0 radical (unpaired) electrons. The van der Waals surface area contributed by atoms with E-state index >= 15 is 0 Å². The molecule has 0 saturated heterocycles. The number of fused-ring (bicyclic) bond motifs is 1. The van der Waals surface area contributed by atoms with E-state index in [1.165, 1.54) is 0 Å². The molecule has 0 spiro atoms. The highest BCUT2D eigenvalue weighted by Gasteiger charge is 2.35. The lowest BCUT2D eigenvalue weighted by Gasteiger charge is -2.13. The van der Waals surface area contributed by atoms with Crippen molar-refractivity contribution in [1.82, 2.24) is 5.32 Å². The third kappa shape index (κ3) is 3.64. The Morgan fingerprint density at radius 1 is 0.852 bits per heavy atom. The van der Waals surface area contributed by atoms with E-state index in [0.717, 1.165) is 16.7 Å². The molecule has 0 saturated carbocycles. The molecule has 1 N–H and O–H groups in total. The van der Waals surface area contributed by atoms with Gasteiger partial charge in [0.05, 0.1) is 23.1 Å². The summed E-state index contributed by atoms with van der Waals surface area (Å²) in [6.45, 7) is 0. The number of benzene rings is 3. The Hall–Kier alpha value is -2.92. The molecule has 1 atom stereocenters. The van der Waals surface area contributed by atoms with Crippen LogP contribution < -0.4 is 5.32 Å². The van der Waals surface area contributed by atoms with Crippen molar-refractivity contribution in [3.63, 3.8) is 0 Å². The van der Waals surface area contributed by atoms with Crippen molar-refractivity contribution in [3.8, 4) is 11.1 Å². The SMILES string of the molecule is O=C(Cc1ccc(-c2ccccc2)cc1)N[C@H]1CS(=O)(=O)c2ccccc21. The van der Waals surface area contributed by atoms with Crippen LogP contribution in [0.5, 0.6) is 0 Å². The van der Waals surface area contributed by atoms with Gasteiger partial charge in [-0.1, -0.05) is 72.8 Å². The average Bonchev–Trinajstić information content (AvgIpc) is 2.93. The first-order valence-corrected chi connectivity index (χ1v) is 10.4. The van der Waals surface area contributed by atoms with Gasteiger partial charge in [-0.15, -0.1) is 0 Å². The molecule has 1 aliphatic heterocycles. The maximum atomic E-state index is 12.4. The Bertz CT molecular complexity index is 1070. The molecule has 0 fully saturated rings. The van der Waals surface area contributed by atoms with Crippen molar-refractivity contribution >= 4 is 15.7 Å². The number of carbonyl (C=O) groups excluding carboxylic acids is 1. The smallest absolute Gasteiger partial charge is 0.224 e. The number of rotatable bonds is 4. The monoisotopic (exact) mass is 377 g/mol. The van der Waals surface area contributed by atoms with E-state index in [9.17, 15) is 13.2 Å². The summed E-state index contributed by atoms with van der Waals surface area (Å²) in [5.74, 6) is -0.259. The second-order valence-corrected chi connectivity index (χ2v) is 8.68. The summed E-state index contributed by atoms with van der Waals surface area (Å²) in [6.07, 6.45) is 0.216. The maximum absolute atomic E-state index is 12.4. The molecule has 5 heteroatoms. The lowest BCUT2D eigenvalue weighted by atomic mass is 10.0. The fraction of sp³-hybridized carbons (Fsp3) is 0.136. The van der Waals surface area contributed by atoms with Crippen LogP contribution in [0.4, 0.5) is 0 Å². The highest BCUT2D eigenvalue weighted by molar-refractivity contribution is 7.91. The second-order valence-electron chi connectivity index (χ2n) is 6.68. The summed E-state index contributed by atoms with van der Waals surface area (Å²) < 4.78 is 24.4. The zero-order chi connectivity index (χ0) is 18.9. The van der Waals surface area contributed by atoms with Crippen molar-refractivity contribution in [2.24, 2.45) is 0 Å². The minimum Gasteiger partial charge on any atom is -0.348 e. The van der Waals surface area contributed by atoms with Crippen molar-refractivity contribution in [1.29, 1.82) is 0 Å². The van der Waals surface area contributed by atoms with Crippen LogP contribution >= 0.6 is 0 Å². The summed E-state index contributed by atoms with van der Waals surface area (Å²) in [5, 5.41) is 2.87. The first-order chi connectivity index (χ1) is 13.0. The van der Waals surface area contributed by atoms with E-state index in [0.29, 0.717) is 10.5 Å². The van der Waals surface area contributed by atoms with Crippen molar-refractivity contribution < 1.29 is 13.2 Å². The van der Waals surface area contributed by atoms with E-state index in [2.05, 4.69) is 5.32 Å². The minimum absolute atomic E-state index is 0.0783. The van der Waals surface area contributed by atoms with Gasteiger partial charge < -0.3 is 5.32 Å². The van der Waals surface area contributed by atoms with Gasteiger partial charge in [0.25, 0.3) is 0 Å². The number of hydrogen-bond acceptors (Lipinski definition) is 3. The van der Waals surface area contributed by atoms with Gasteiger partial charge in [-0.25, -0.2) is 8.42 Å². The summed E-state index contributed by atoms with van der Waals surface area (Å²) >= 11 is 0. The topological polar surface area (TPSA) is 63.2 Å². The second kappa shape index (κ2) is 7.00. The van der Waals surface area contributed by atoms with Crippen LogP contribution in [0.2, 0.25) is 0 Å². The highest BCUT2D eigenvalue weighted by Crippen LogP contribution is 2.33. The molecule has 4 rings (SSSR count). The van der Waals surface area contributed by atoms with Gasteiger partial charge in [-0.2, -0.15) is 0 Å². The standard InChI is InChI=1S/C22H19NO3S/c24-22(23-20-15-27(25,26)21-9-5-4-8-19(20)21)14-16-10-12-18(13-11-16)17-6-2-1-3-7-17/h1-13,20H,14-15H2,(H,23,24)/t20-/m0/s1. The summed E-state index contributed by atoms with van der Waals surface area (Å²) in [7, 11) is -3.32. The summed E-state index contributed by atoms with van der Waals surface area (Å²) in [5.41, 5.74) is 3.78. The third-order valence-corrected chi connectivity index (χ3v) is 6.59. The Balaban J connectivity index is 1.45. The van der Waals surface area contributed by atoms with Crippen LogP contribution in [0, 0.1) is 0 Å². The molecule has 1 amide bonds. The number of hydrogen-bond donors (Lipinski definition) is 1. The zero-order valence-corrected chi connectivity index (χ0v) is 15.4. The molecule has 0 bridgehead atoms. The molecule has 1 aliphatic rings. The predicted molar refractivity (Wildman–Crippen MR) is 105 cm³/mol.